The van der Waals surface area contributed by atoms with Crippen LogP contribution in [-0.2, 0) is 4.84 Å². The van der Waals surface area contributed by atoms with Crippen molar-refractivity contribution in [3.8, 4) is 0 Å². The van der Waals surface area contributed by atoms with Crippen molar-refractivity contribution in [2.75, 3.05) is 13.2 Å². The van der Waals surface area contributed by atoms with E-state index in [1.807, 2.05) is 0 Å². The van der Waals surface area contributed by atoms with Gasteiger partial charge in [0, 0.05) is 0 Å². The molecule has 1 rings (SSSR count). The first-order valence-electron chi connectivity index (χ1n) is 2.28. The maximum absolute atomic E-state index is 9.01. The van der Waals surface area contributed by atoms with E-state index in [0.29, 0.717) is 13.2 Å². The van der Waals surface area contributed by atoms with E-state index in [2.05, 4.69) is 10.3 Å². The Labute approximate surface area is 55.4 Å². The molecule has 8 heavy (non-hydrogen) atoms. The van der Waals surface area contributed by atoms with Gasteiger partial charge in [0.1, 0.15) is 5.60 Å². The zero-order valence-corrected chi connectivity index (χ0v) is 5.77. The van der Waals surface area contributed by atoms with Crippen molar-refractivity contribution in [2.24, 2.45) is 0 Å². The Morgan fingerprint density at radius 3 is 2.50 bits per heavy atom. The molecule has 1 fully saturated rings. The number of rotatable bonds is 0. The van der Waals surface area contributed by atoms with E-state index in [-0.39, 0.29) is 13.5 Å². The minimum Gasteiger partial charge on any atom is -0.386 e. The standard InChI is InChI=1S/C4H9NO2.H2S/c1-4(6)2-5-7-3-4;/h5-6H,2-3H2,1H3;1H2/t4-;/m0./s1. The second kappa shape index (κ2) is 2.68. The monoisotopic (exact) mass is 137 g/mol. The second-order valence-electron chi connectivity index (χ2n) is 2.11. The van der Waals surface area contributed by atoms with Gasteiger partial charge in [0.15, 0.2) is 0 Å². The lowest BCUT2D eigenvalue weighted by Gasteiger charge is -2.08. The molecule has 1 aliphatic heterocycles. The quantitative estimate of drug-likeness (QED) is 0.468. The largest absolute Gasteiger partial charge is 0.386 e. The van der Waals surface area contributed by atoms with Gasteiger partial charge >= 0.3 is 0 Å². The van der Waals surface area contributed by atoms with Crippen LogP contribution in [0, 0.1) is 0 Å². The fourth-order valence-corrected chi connectivity index (χ4v) is 0.464. The number of nitrogens with one attached hydrogen (secondary N) is 1. The average Bonchev–Trinajstić information content (AvgIpc) is 1.84. The van der Waals surface area contributed by atoms with Crippen LogP contribution in [-0.4, -0.2) is 23.9 Å². The molecule has 3 nitrogen and oxygen atoms in total. The number of hydroxylamine groups is 1. The highest BCUT2D eigenvalue weighted by atomic mass is 32.1. The second-order valence-corrected chi connectivity index (χ2v) is 2.11. The van der Waals surface area contributed by atoms with E-state index >= 15 is 0 Å². The Balaban J connectivity index is 0.000000490. The van der Waals surface area contributed by atoms with E-state index < -0.39 is 5.60 Å². The highest BCUT2D eigenvalue weighted by Gasteiger charge is 2.25. The van der Waals surface area contributed by atoms with Gasteiger partial charge in [0.25, 0.3) is 0 Å². The van der Waals surface area contributed by atoms with Crippen LogP contribution in [0.3, 0.4) is 0 Å². The minimum atomic E-state index is -0.639. The molecule has 0 saturated carbocycles. The van der Waals surface area contributed by atoms with Crippen LogP contribution < -0.4 is 5.48 Å². The minimum absolute atomic E-state index is 0. The Bertz CT molecular complexity index is 68.4. The van der Waals surface area contributed by atoms with Crippen LogP contribution in [0.5, 0.6) is 0 Å². The van der Waals surface area contributed by atoms with E-state index in [9.17, 15) is 0 Å². The summed E-state index contributed by atoms with van der Waals surface area (Å²) in [6.45, 7) is 2.66. The molecule has 0 aliphatic carbocycles. The summed E-state index contributed by atoms with van der Waals surface area (Å²) in [4.78, 5) is 4.66. The van der Waals surface area contributed by atoms with E-state index in [4.69, 9.17) is 5.11 Å². The molecule has 0 amide bonds. The fourth-order valence-electron chi connectivity index (χ4n) is 0.464. The maximum Gasteiger partial charge on any atom is 0.102 e. The van der Waals surface area contributed by atoms with Crippen molar-refractivity contribution < 1.29 is 9.94 Å². The first-order chi connectivity index (χ1) is 3.21. The average molecular weight is 137 g/mol. The highest BCUT2D eigenvalue weighted by molar-refractivity contribution is 7.59. The van der Waals surface area contributed by atoms with Crippen molar-refractivity contribution in [3.63, 3.8) is 0 Å². The van der Waals surface area contributed by atoms with Gasteiger partial charge in [-0.3, -0.25) is 4.84 Å². The molecule has 4 heteroatoms. The normalized spacial score (nSPS) is 36.8. The predicted octanol–water partition coefficient (Wildman–Crippen LogP) is -0.615. The molecule has 2 N–H and O–H groups in total. The third kappa shape index (κ3) is 2.00. The van der Waals surface area contributed by atoms with Crippen molar-refractivity contribution in [3.05, 3.63) is 0 Å². The summed E-state index contributed by atoms with van der Waals surface area (Å²) in [5.74, 6) is 0. The van der Waals surface area contributed by atoms with Crippen LogP contribution in [0.15, 0.2) is 0 Å². The number of aliphatic hydroxyl groups is 1. The van der Waals surface area contributed by atoms with Gasteiger partial charge in [-0.1, -0.05) is 0 Å². The van der Waals surface area contributed by atoms with Crippen LogP contribution in [0.2, 0.25) is 0 Å². The third-order valence-corrected chi connectivity index (χ3v) is 0.938. The van der Waals surface area contributed by atoms with Crippen molar-refractivity contribution >= 4 is 13.5 Å². The Kier molecular flexibility index (Phi) is 2.76. The molecular formula is C4H11NO2S. The summed E-state index contributed by atoms with van der Waals surface area (Å²) in [6.07, 6.45) is 0. The molecular weight excluding hydrogens is 126 g/mol. The van der Waals surface area contributed by atoms with Gasteiger partial charge < -0.3 is 5.11 Å². The van der Waals surface area contributed by atoms with Crippen LogP contribution in [0.4, 0.5) is 0 Å². The van der Waals surface area contributed by atoms with Crippen LogP contribution >= 0.6 is 13.5 Å². The molecule has 0 aromatic carbocycles. The Morgan fingerprint density at radius 2 is 2.38 bits per heavy atom. The Hall–Kier alpha value is 0.230. The van der Waals surface area contributed by atoms with E-state index in [0.717, 1.165) is 0 Å². The Morgan fingerprint density at radius 1 is 1.75 bits per heavy atom. The van der Waals surface area contributed by atoms with E-state index in [1.165, 1.54) is 0 Å². The maximum atomic E-state index is 9.01. The SMILES string of the molecule is C[C@]1(O)CNOC1.S. The van der Waals surface area contributed by atoms with Crippen LogP contribution in [0.1, 0.15) is 6.92 Å². The van der Waals surface area contributed by atoms with Gasteiger partial charge in [0.2, 0.25) is 0 Å². The summed E-state index contributed by atoms with van der Waals surface area (Å²) in [6, 6.07) is 0. The summed E-state index contributed by atoms with van der Waals surface area (Å²) in [7, 11) is 0. The first kappa shape index (κ1) is 8.23. The molecule has 1 aliphatic rings. The molecule has 1 atom stereocenters. The van der Waals surface area contributed by atoms with Crippen molar-refractivity contribution in [2.45, 2.75) is 12.5 Å². The zero-order chi connectivity index (χ0) is 5.33. The first-order valence-corrected chi connectivity index (χ1v) is 2.28. The van der Waals surface area contributed by atoms with Gasteiger partial charge in [-0.2, -0.15) is 19.0 Å². The topological polar surface area (TPSA) is 41.5 Å². The van der Waals surface area contributed by atoms with Gasteiger partial charge in [-0.25, -0.2) is 0 Å². The zero-order valence-electron chi connectivity index (χ0n) is 4.77. The smallest absolute Gasteiger partial charge is 0.102 e. The van der Waals surface area contributed by atoms with Crippen LogP contribution in [0.25, 0.3) is 0 Å². The molecule has 1 saturated heterocycles. The lowest BCUT2D eigenvalue weighted by atomic mass is 10.1. The number of hydrogen-bond donors (Lipinski definition) is 2. The molecule has 0 unspecified atom stereocenters. The highest BCUT2D eigenvalue weighted by Crippen LogP contribution is 2.05. The van der Waals surface area contributed by atoms with Gasteiger partial charge in [0.05, 0.1) is 13.2 Å². The van der Waals surface area contributed by atoms with E-state index in [1.54, 1.807) is 6.92 Å². The number of hydrogen-bond acceptors (Lipinski definition) is 3. The fraction of sp³-hybridized carbons (Fsp3) is 1.00. The number of β-amino-alcohol motifs (C(OH)–C–C–N with tert-alkyl or cyclic N) is 1. The lowest BCUT2D eigenvalue weighted by molar-refractivity contribution is 0.0343. The summed E-state index contributed by atoms with van der Waals surface area (Å²) in [5, 5.41) is 9.01. The molecule has 50 valence electrons. The lowest BCUT2D eigenvalue weighted by Crippen LogP contribution is -2.29. The van der Waals surface area contributed by atoms with Crippen molar-refractivity contribution in [1.29, 1.82) is 0 Å². The molecule has 0 radical (unpaired) electrons. The molecule has 1 heterocycles. The molecule has 0 aromatic heterocycles. The summed E-state index contributed by atoms with van der Waals surface area (Å²) < 4.78 is 0. The van der Waals surface area contributed by atoms with Crippen molar-refractivity contribution in [1.82, 2.24) is 5.48 Å². The van der Waals surface area contributed by atoms with Gasteiger partial charge in [-0.15, -0.1) is 0 Å². The summed E-state index contributed by atoms with van der Waals surface area (Å²) >= 11 is 0. The molecule has 0 aromatic rings. The predicted molar refractivity (Wildman–Crippen MR) is 35.0 cm³/mol. The van der Waals surface area contributed by atoms with Gasteiger partial charge in [-0.05, 0) is 6.92 Å². The molecule has 0 spiro atoms. The third-order valence-electron chi connectivity index (χ3n) is 0.938. The summed E-state index contributed by atoms with van der Waals surface area (Å²) in [5.41, 5.74) is 1.92. The molecule has 0 bridgehead atoms.